The van der Waals surface area contributed by atoms with Crippen LogP contribution in [0.1, 0.15) is 44.5 Å². The largest absolute Gasteiger partial charge is 0.310 e. The first-order valence-corrected chi connectivity index (χ1v) is 23.4. The highest BCUT2D eigenvalue weighted by Crippen LogP contribution is 2.65. The van der Waals surface area contributed by atoms with E-state index in [1.807, 2.05) is 0 Å². The van der Waals surface area contributed by atoms with Gasteiger partial charge in [0.1, 0.15) is 0 Å². The summed E-state index contributed by atoms with van der Waals surface area (Å²) in [5, 5.41) is 2.46. The number of hydrogen-bond donors (Lipinski definition) is 0. The van der Waals surface area contributed by atoms with Crippen molar-refractivity contribution in [2.45, 2.75) is 10.8 Å². The minimum Gasteiger partial charge on any atom is -0.310 e. The fourth-order valence-electron chi connectivity index (χ4n) is 12.5. The number of hydrogen-bond acceptors (Lipinski definition) is 1. The SMILES string of the molecule is c1ccc(-c2ccc(N(c3ccc4c(c3)C(c3ccccc3)(c3ccccc3)c3ccccc3-4)c3cc4c(c5ccccc35)-c3ccccc3C43c4ccccc4-c4ccccc43)cc2)cc1. The van der Waals surface area contributed by atoms with Gasteiger partial charge in [0.15, 0.2) is 0 Å². The minimum atomic E-state index is -0.545. The highest BCUT2D eigenvalue weighted by molar-refractivity contribution is 6.12. The first-order valence-electron chi connectivity index (χ1n) is 23.4. The van der Waals surface area contributed by atoms with Crippen molar-refractivity contribution >= 4 is 27.8 Å². The molecule has 11 aromatic carbocycles. The summed E-state index contributed by atoms with van der Waals surface area (Å²) >= 11 is 0. The van der Waals surface area contributed by atoms with Gasteiger partial charge in [-0.3, -0.25) is 0 Å². The summed E-state index contributed by atoms with van der Waals surface area (Å²) < 4.78 is 0. The van der Waals surface area contributed by atoms with E-state index in [0.717, 1.165) is 17.1 Å². The fourth-order valence-corrected chi connectivity index (χ4v) is 12.5. The Kier molecular flexibility index (Phi) is 8.18. The molecule has 0 unspecified atom stereocenters. The normalized spacial score (nSPS) is 13.9. The fraction of sp³-hybridized carbons (Fsp3) is 0.0303. The van der Waals surface area contributed by atoms with Crippen LogP contribution in [0.15, 0.2) is 261 Å². The van der Waals surface area contributed by atoms with Crippen molar-refractivity contribution in [3.05, 3.63) is 305 Å². The predicted molar refractivity (Wildman–Crippen MR) is 278 cm³/mol. The molecule has 1 spiro atoms. The Morgan fingerprint density at radius 1 is 0.254 bits per heavy atom. The topological polar surface area (TPSA) is 3.24 Å². The van der Waals surface area contributed by atoms with Crippen LogP contribution in [-0.2, 0) is 10.8 Å². The molecule has 0 aromatic heterocycles. The van der Waals surface area contributed by atoms with Crippen LogP contribution >= 0.6 is 0 Å². The average Bonchev–Trinajstić information content (AvgIpc) is 4.00. The Morgan fingerprint density at radius 3 is 1.25 bits per heavy atom. The lowest BCUT2D eigenvalue weighted by molar-refractivity contribution is 0.768. The standard InChI is InChI=1S/C66H43N/c1-4-20-44(21-5-1)45-36-38-48(39-37-45)67(49-40-41-53-52-28-12-16-32-57(52)65(61(53)42-49,46-22-6-2-7-23-46)47-24-8-3-9-25-47)63-43-62-64(55-30-11-10-29-54(55)63)56-31-15-19-35-60(56)66(62)58-33-17-13-26-50(58)51-27-14-18-34-59(51)66/h1-43H. The van der Waals surface area contributed by atoms with Crippen molar-refractivity contribution < 1.29 is 0 Å². The van der Waals surface area contributed by atoms with E-state index in [4.69, 9.17) is 0 Å². The molecule has 0 aliphatic heterocycles. The summed E-state index contributed by atoms with van der Waals surface area (Å²) in [7, 11) is 0. The molecule has 11 aromatic rings. The van der Waals surface area contributed by atoms with Crippen molar-refractivity contribution in [1.82, 2.24) is 0 Å². The molecule has 0 saturated heterocycles. The number of benzene rings is 11. The summed E-state index contributed by atoms with van der Waals surface area (Å²) in [6, 6.07) is 97.6. The lowest BCUT2D eigenvalue weighted by Crippen LogP contribution is -2.28. The van der Waals surface area contributed by atoms with Crippen LogP contribution in [0.4, 0.5) is 17.1 Å². The van der Waals surface area contributed by atoms with E-state index in [2.05, 4.69) is 266 Å². The van der Waals surface area contributed by atoms with Crippen molar-refractivity contribution in [3.63, 3.8) is 0 Å². The third-order valence-corrected chi connectivity index (χ3v) is 15.2. The Balaban J connectivity index is 1.09. The summed E-state index contributed by atoms with van der Waals surface area (Å²) in [6.07, 6.45) is 0. The van der Waals surface area contributed by atoms with Crippen LogP contribution in [0.2, 0.25) is 0 Å². The molecule has 1 heteroatoms. The molecule has 0 saturated carbocycles. The molecule has 0 radical (unpaired) electrons. The molecule has 0 atom stereocenters. The van der Waals surface area contributed by atoms with Crippen LogP contribution < -0.4 is 4.90 Å². The second kappa shape index (κ2) is 14.5. The predicted octanol–water partition coefficient (Wildman–Crippen LogP) is 16.7. The zero-order valence-electron chi connectivity index (χ0n) is 36.8. The molecule has 0 heterocycles. The van der Waals surface area contributed by atoms with E-state index < -0.39 is 10.8 Å². The second-order valence-corrected chi connectivity index (χ2v) is 18.3. The monoisotopic (exact) mass is 849 g/mol. The molecule has 0 fully saturated rings. The molecule has 0 N–H and O–H groups in total. The minimum absolute atomic E-state index is 0.504. The van der Waals surface area contributed by atoms with Gasteiger partial charge in [-0.1, -0.05) is 231 Å². The van der Waals surface area contributed by atoms with E-state index in [0.29, 0.717) is 0 Å². The maximum absolute atomic E-state index is 2.56. The van der Waals surface area contributed by atoms with Crippen LogP contribution in [-0.4, -0.2) is 0 Å². The van der Waals surface area contributed by atoms with Gasteiger partial charge in [0.25, 0.3) is 0 Å². The molecule has 0 bridgehead atoms. The molecule has 1 nitrogen and oxygen atoms in total. The van der Waals surface area contributed by atoms with Crippen molar-refractivity contribution in [3.8, 4) is 44.5 Å². The smallest absolute Gasteiger partial charge is 0.0726 e. The first kappa shape index (κ1) is 37.8. The Morgan fingerprint density at radius 2 is 0.672 bits per heavy atom. The van der Waals surface area contributed by atoms with Crippen molar-refractivity contribution in [2.75, 3.05) is 4.90 Å². The van der Waals surface area contributed by atoms with Crippen LogP contribution in [0, 0.1) is 0 Å². The number of fused-ring (bicyclic) bond motifs is 15. The molecule has 3 aliphatic rings. The quantitative estimate of drug-likeness (QED) is 0.161. The maximum atomic E-state index is 2.56. The molecule has 0 amide bonds. The van der Waals surface area contributed by atoms with Gasteiger partial charge >= 0.3 is 0 Å². The zero-order chi connectivity index (χ0) is 44.1. The van der Waals surface area contributed by atoms with Gasteiger partial charge in [-0.2, -0.15) is 0 Å². The lowest BCUT2D eigenvalue weighted by Gasteiger charge is -2.35. The average molecular weight is 850 g/mol. The molecule has 312 valence electrons. The Hall–Kier alpha value is -8.52. The highest BCUT2D eigenvalue weighted by Gasteiger charge is 2.52. The van der Waals surface area contributed by atoms with Crippen molar-refractivity contribution in [1.29, 1.82) is 0 Å². The van der Waals surface area contributed by atoms with Crippen LogP contribution in [0.3, 0.4) is 0 Å². The summed E-state index contributed by atoms with van der Waals surface area (Å²) in [5.41, 5.74) is 22.9. The number of rotatable bonds is 6. The maximum Gasteiger partial charge on any atom is 0.0726 e. The van der Waals surface area contributed by atoms with E-state index >= 15 is 0 Å². The molecular weight excluding hydrogens is 807 g/mol. The summed E-state index contributed by atoms with van der Waals surface area (Å²) in [6.45, 7) is 0. The van der Waals surface area contributed by atoms with Crippen LogP contribution in [0.25, 0.3) is 55.3 Å². The lowest BCUT2D eigenvalue weighted by atomic mass is 9.67. The first-order chi connectivity index (χ1) is 33.3. The van der Waals surface area contributed by atoms with Crippen LogP contribution in [0.5, 0.6) is 0 Å². The summed E-state index contributed by atoms with van der Waals surface area (Å²) in [5.74, 6) is 0. The molecule has 3 aliphatic carbocycles. The second-order valence-electron chi connectivity index (χ2n) is 18.3. The van der Waals surface area contributed by atoms with Gasteiger partial charge in [0, 0.05) is 16.8 Å². The number of anilines is 3. The van der Waals surface area contributed by atoms with Crippen molar-refractivity contribution in [2.24, 2.45) is 0 Å². The molecule has 14 rings (SSSR count). The van der Waals surface area contributed by atoms with Gasteiger partial charge in [-0.05, 0) is 125 Å². The van der Waals surface area contributed by atoms with Gasteiger partial charge in [0.2, 0.25) is 0 Å². The molecular formula is C66H43N. The Bertz CT molecular complexity index is 3650. The summed E-state index contributed by atoms with van der Waals surface area (Å²) in [4.78, 5) is 2.55. The number of nitrogens with zero attached hydrogens (tertiary/aromatic N) is 1. The van der Waals surface area contributed by atoms with E-state index in [1.54, 1.807) is 0 Å². The van der Waals surface area contributed by atoms with Gasteiger partial charge in [-0.15, -0.1) is 0 Å². The molecule has 67 heavy (non-hydrogen) atoms. The highest BCUT2D eigenvalue weighted by atomic mass is 15.1. The zero-order valence-corrected chi connectivity index (χ0v) is 36.8. The van der Waals surface area contributed by atoms with E-state index in [-0.39, 0.29) is 0 Å². The van der Waals surface area contributed by atoms with Gasteiger partial charge < -0.3 is 4.90 Å². The van der Waals surface area contributed by atoms with Gasteiger partial charge in [0.05, 0.1) is 16.5 Å². The van der Waals surface area contributed by atoms with E-state index in [1.165, 1.54) is 99.8 Å². The third-order valence-electron chi connectivity index (χ3n) is 15.2. The third kappa shape index (κ3) is 5.14. The van der Waals surface area contributed by atoms with Gasteiger partial charge in [-0.25, -0.2) is 0 Å². The Labute approximate surface area is 391 Å². The van der Waals surface area contributed by atoms with E-state index in [9.17, 15) is 0 Å².